The van der Waals surface area contributed by atoms with Crippen molar-refractivity contribution in [2.24, 2.45) is 7.05 Å². The number of carbonyl (C=O) groups excluding carboxylic acids is 2. The standard InChI is InChI=1S/C26H24N4O2/c1-17(25(31)28-15-18-9-7-8-14-27-18)30-24(20-11-3-4-12-21(20)26(30)32)22-16-29(2)23-13-6-5-10-19(22)23/h3-14,16-17,24H,15H2,1-2H3,(H,28,31)/t17-,24-/m0/s1. The second-order valence-electron chi connectivity index (χ2n) is 8.13. The van der Waals surface area contributed by atoms with Gasteiger partial charge in [-0.1, -0.05) is 42.5 Å². The van der Waals surface area contributed by atoms with Crippen LogP contribution in [0.15, 0.2) is 79.1 Å². The van der Waals surface area contributed by atoms with E-state index < -0.39 is 6.04 Å². The van der Waals surface area contributed by atoms with Crippen LogP contribution in [0.5, 0.6) is 0 Å². The average Bonchev–Trinajstić information content (AvgIpc) is 3.32. The number of para-hydroxylation sites is 1. The molecule has 0 saturated carbocycles. The first-order chi connectivity index (χ1) is 15.6. The van der Waals surface area contributed by atoms with Crippen LogP contribution in [0.1, 0.15) is 40.1 Å². The quantitative estimate of drug-likeness (QED) is 0.530. The Balaban J connectivity index is 1.53. The molecule has 0 fully saturated rings. The van der Waals surface area contributed by atoms with Crippen LogP contribution in [-0.4, -0.2) is 32.3 Å². The summed E-state index contributed by atoms with van der Waals surface area (Å²) in [6.45, 7) is 2.10. The van der Waals surface area contributed by atoms with Crippen LogP contribution >= 0.6 is 0 Å². The van der Waals surface area contributed by atoms with E-state index in [2.05, 4.69) is 33.2 Å². The van der Waals surface area contributed by atoms with Gasteiger partial charge in [-0.25, -0.2) is 0 Å². The number of nitrogens with zero attached hydrogens (tertiary/aromatic N) is 3. The second-order valence-corrected chi connectivity index (χ2v) is 8.13. The molecular weight excluding hydrogens is 400 g/mol. The van der Waals surface area contributed by atoms with Crippen molar-refractivity contribution in [2.45, 2.75) is 25.6 Å². The third kappa shape index (κ3) is 3.24. The number of carbonyl (C=O) groups is 2. The van der Waals surface area contributed by atoms with E-state index in [1.165, 1.54) is 0 Å². The first-order valence-corrected chi connectivity index (χ1v) is 10.7. The number of pyridine rings is 1. The third-order valence-corrected chi connectivity index (χ3v) is 6.19. The second kappa shape index (κ2) is 7.96. The van der Waals surface area contributed by atoms with Gasteiger partial charge in [0.25, 0.3) is 5.91 Å². The molecule has 4 aromatic rings. The van der Waals surface area contributed by atoms with Crippen LogP contribution < -0.4 is 5.32 Å². The highest BCUT2D eigenvalue weighted by molar-refractivity contribution is 6.03. The Hall–Kier alpha value is -3.93. The van der Waals surface area contributed by atoms with Gasteiger partial charge in [0, 0.05) is 41.5 Å². The van der Waals surface area contributed by atoms with Crippen LogP contribution in [0.3, 0.4) is 0 Å². The normalized spacial score (nSPS) is 16.2. The fourth-order valence-electron chi connectivity index (χ4n) is 4.60. The zero-order valence-electron chi connectivity index (χ0n) is 18.0. The van der Waals surface area contributed by atoms with E-state index in [1.54, 1.807) is 18.0 Å². The Morgan fingerprint density at radius 3 is 2.59 bits per heavy atom. The summed E-state index contributed by atoms with van der Waals surface area (Å²) in [5.41, 5.74) is 4.46. The SMILES string of the molecule is C[C@@H](C(=O)NCc1ccccn1)N1C(=O)c2ccccc2[C@H]1c1cn(C)c2ccccc12. The van der Waals surface area contributed by atoms with E-state index in [-0.39, 0.29) is 17.9 Å². The van der Waals surface area contributed by atoms with Crippen LogP contribution in [0.25, 0.3) is 10.9 Å². The zero-order chi connectivity index (χ0) is 22.2. The van der Waals surface area contributed by atoms with Crippen molar-refractivity contribution >= 4 is 22.7 Å². The van der Waals surface area contributed by atoms with Crippen molar-refractivity contribution in [1.82, 2.24) is 19.8 Å². The third-order valence-electron chi connectivity index (χ3n) is 6.19. The molecule has 1 aliphatic heterocycles. The van der Waals surface area contributed by atoms with Gasteiger partial charge in [0.05, 0.1) is 18.3 Å². The molecule has 0 radical (unpaired) electrons. The maximum Gasteiger partial charge on any atom is 0.255 e. The Labute approximate surface area is 186 Å². The van der Waals surface area contributed by atoms with Gasteiger partial charge >= 0.3 is 0 Å². The molecule has 2 aromatic carbocycles. The Bertz CT molecular complexity index is 1310. The molecular formula is C26H24N4O2. The molecule has 6 heteroatoms. The van der Waals surface area contributed by atoms with E-state index in [4.69, 9.17) is 0 Å². The van der Waals surface area contributed by atoms with Gasteiger partial charge in [0.2, 0.25) is 5.91 Å². The van der Waals surface area contributed by atoms with Gasteiger partial charge in [0.15, 0.2) is 0 Å². The molecule has 1 aliphatic rings. The fraction of sp³-hybridized carbons (Fsp3) is 0.192. The lowest BCUT2D eigenvalue weighted by Crippen LogP contribution is -2.46. The number of aryl methyl sites for hydroxylation is 1. The molecule has 0 unspecified atom stereocenters. The van der Waals surface area contributed by atoms with Crippen LogP contribution in [0.4, 0.5) is 0 Å². The van der Waals surface area contributed by atoms with E-state index >= 15 is 0 Å². The smallest absolute Gasteiger partial charge is 0.255 e. The molecule has 5 rings (SSSR count). The molecule has 0 saturated heterocycles. The topological polar surface area (TPSA) is 67.2 Å². The van der Waals surface area contributed by atoms with Crippen molar-refractivity contribution < 1.29 is 9.59 Å². The minimum absolute atomic E-state index is 0.126. The highest BCUT2D eigenvalue weighted by Crippen LogP contribution is 2.42. The lowest BCUT2D eigenvalue weighted by molar-refractivity contribution is -0.125. The van der Waals surface area contributed by atoms with Gasteiger partial charge in [-0.05, 0) is 36.8 Å². The number of amides is 2. The van der Waals surface area contributed by atoms with Crippen molar-refractivity contribution in [3.05, 3.63) is 102 Å². The molecule has 1 N–H and O–H groups in total. The molecule has 2 atom stereocenters. The number of aromatic nitrogens is 2. The molecule has 0 aliphatic carbocycles. The van der Waals surface area contributed by atoms with Crippen LogP contribution in [0, 0.1) is 0 Å². The minimum atomic E-state index is -0.650. The minimum Gasteiger partial charge on any atom is -0.350 e. The monoisotopic (exact) mass is 424 g/mol. The molecule has 0 bridgehead atoms. The maximum atomic E-state index is 13.5. The molecule has 6 nitrogen and oxygen atoms in total. The molecule has 0 spiro atoms. The number of rotatable bonds is 5. The van der Waals surface area contributed by atoms with Gasteiger partial charge in [-0.15, -0.1) is 0 Å². The predicted molar refractivity (Wildman–Crippen MR) is 123 cm³/mol. The highest BCUT2D eigenvalue weighted by atomic mass is 16.2. The predicted octanol–water partition coefficient (Wildman–Crippen LogP) is 3.82. The van der Waals surface area contributed by atoms with Crippen molar-refractivity contribution in [1.29, 1.82) is 0 Å². The summed E-state index contributed by atoms with van der Waals surface area (Å²) in [6.07, 6.45) is 3.76. The van der Waals surface area contributed by atoms with Gasteiger partial charge < -0.3 is 14.8 Å². The summed E-state index contributed by atoms with van der Waals surface area (Å²) in [5, 5.41) is 4.02. The zero-order valence-corrected chi connectivity index (χ0v) is 18.0. The van der Waals surface area contributed by atoms with E-state index in [9.17, 15) is 9.59 Å². The molecule has 3 heterocycles. The largest absolute Gasteiger partial charge is 0.350 e. The molecule has 32 heavy (non-hydrogen) atoms. The Kier molecular flexibility index (Phi) is 4.98. The van der Waals surface area contributed by atoms with Crippen molar-refractivity contribution in [3.63, 3.8) is 0 Å². The van der Waals surface area contributed by atoms with Gasteiger partial charge in [-0.3, -0.25) is 14.6 Å². The lowest BCUT2D eigenvalue weighted by atomic mass is 9.97. The summed E-state index contributed by atoms with van der Waals surface area (Å²) in [6, 6.07) is 20.4. The van der Waals surface area contributed by atoms with Crippen LogP contribution in [0.2, 0.25) is 0 Å². The lowest BCUT2D eigenvalue weighted by Gasteiger charge is -2.30. The Morgan fingerprint density at radius 2 is 1.78 bits per heavy atom. The Morgan fingerprint density at radius 1 is 1.03 bits per heavy atom. The average molecular weight is 425 g/mol. The summed E-state index contributed by atoms with van der Waals surface area (Å²) in [4.78, 5) is 32.5. The highest BCUT2D eigenvalue weighted by Gasteiger charge is 2.43. The fourth-order valence-corrected chi connectivity index (χ4v) is 4.60. The molecule has 2 aromatic heterocycles. The summed E-state index contributed by atoms with van der Waals surface area (Å²) < 4.78 is 2.07. The number of hydrogen-bond acceptors (Lipinski definition) is 3. The molecule has 160 valence electrons. The van der Waals surface area contributed by atoms with E-state index in [0.717, 1.165) is 27.7 Å². The summed E-state index contributed by atoms with van der Waals surface area (Å²) >= 11 is 0. The number of fused-ring (bicyclic) bond motifs is 2. The first-order valence-electron chi connectivity index (χ1n) is 10.7. The van der Waals surface area contributed by atoms with E-state index in [1.807, 2.05) is 61.6 Å². The summed E-state index contributed by atoms with van der Waals surface area (Å²) in [5.74, 6) is -0.332. The van der Waals surface area contributed by atoms with Crippen molar-refractivity contribution in [2.75, 3.05) is 0 Å². The summed E-state index contributed by atoms with van der Waals surface area (Å²) in [7, 11) is 2.00. The maximum absolute atomic E-state index is 13.5. The molecule has 2 amide bonds. The van der Waals surface area contributed by atoms with Crippen molar-refractivity contribution in [3.8, 4) is 0 Å². The number of hydrogen-bond donors (Lipinski definition) is 1. The number of nitrogens with one attached hydrogen (secondary N) is 1. The first kappa shape index (κ1) is 20.0. The van der Waals surface area contributed by atoms with Gasteiger partial charge in [-0.2, -0.15) is 0 Å². The number of benzene rings is 2. The van der Waals surface area contributed by atoms with Crippen LogP contribution in [-0.2, 0) is 18.4 Å². The van der Waals surface area contributed by atoms with E-state index in [0.29, 0.717) is 12.1 Å². The van der Waals surface area contributed by atoms with Gasteiger partial charge in [0.1, 0.15) is 6.04 Å².